The fourth-order valence-electron chi connectivity index (χ4n) is 1.30. The van der Waals surface area contributed by atoms with E-state index in [0.717, 1.165) is 25.9 Å². The maximum Gasteiger partial charge on any atom is 0.157 e. The van der Waals surface area contributed by atoms with Gasteiger partial charge in [-0.25, -0.2) is 0 Å². The second-order valence-electron chi connectivity index (χ2n) is 3.11. The minimum absolute atomic E-state index is 0.0104. The van der Waals surface area contributed by atoms with E-state index in [2.05, 4.69) is 0 Å². The molecule has 1 heterocycles. The Morgan fingerprint density at radius 2 is 2.31 bits per heavy atom. The SMILES string of the molecule is OC/C=C/CCOC1CCCCO1. The van der Waals surface area contributed by atoms with E-state index in [4.69, 9.17) is 14.6 Å². The predicted octanol–water partition coefficient (Wildman–Crippen LogP) is 1.47. The van der Waals surface area contributed by atoms with Crippen LogP contribution in [0.1, 0.15) is 25.7 Å². The summed E-state index contributed by atoms with van der Waals surface area (Å²) in [5, 5.41) is 8.46. The standard InChI is InChI=1S/C10H18O3/c11-7-3-1-4-8-12-10-6-2-5-9-13-10/h1,3,10-11H,2,4-9H2/b3-1+. The van der Waals surface area contributed by atoms with Gasteiger partial charge in [-0.1, -0.05) is 12.2 Å². The van der Waals surface area contributed by atoms with E-state index in [-0.39, 0.29) is 12.9 Å². The number of ether oxygens (including phenoxy) is 2. The molecule has 1 aliphatic heterocycles. The minimum atomic E-state index is 0.0104. The molecule has 0 aromatic heterocycles. The first kappa shape index (κ1) is 10.7. The third kappa shape index (κ3) is 5.03. The van der Waals surface area contributed by atoms with Crippen LogP contribution in [0.2, 0.25) is 0 Å². The van der Waals surface area contributed by atoms with Crippen molar-refractivity contribution in [1.82, 2.24) is 0 Å². The summed E-state index contributed by atoms with van der Waals surface area (Å²) in [6.07, 6.45) is 7.88. The quantitative estimate of drug-likeness (QED) is 0.522. The van der Waals surface area contributed by atoms with Crippen molar-refractivity contribution < 1.29 is 14.6 Å². The molecule has 3 heteroatoms. The summed E-state index contributed by atoms with van der Waals surface area (Å²) in [4.78, 5) is 0. The lowest BCUT2D eigenvalue weighted by Crippen LogP contribution is -2.22. The van der Waals surface area contributed by atoms with Crippen molar-refractivity contribution >= 4 is 0 Å². The van der Waals surface area contributed by atoms with Gasteiger partial charge < -0.3 is 14.6 Å². The van der Waals surface area contributed by atoms with Crippen molar-refractivity contribution in [3.63, 3.8) is 0 Å². The van der Waals surface area contributed by atoms with E-state index in [1.165, 1.54) is 6.42 Å². The maximum atomic E-state index is 8.46. The molecule has 76 valence electrons. The summed E-state index contributed by atoms with van der Waals surface area (Å²) in [7, 11) is 0. The number of aliphatic hydroxyl groups is 1. The summed E-state index contributed by atoms with van der Waals surface area (Å²) < 4.78 is 10.9. The van der Waals surface area contributed by atoms with E-state index >= 15 is 0 Å². The van der Waals surface area contributed by atoms with Crippen molar-refractivity contribution in [3.05, 3.63) is 12.2 Å². The van der Waals surface area contributed by atoms with Gasteiger partial charge in [-0.05, 0) is 25.7 Å². The Balaban J connectivity index is 1.95. The van der Waals surface area contributed by atoms with Crippen LogP contribution < -0.4 is 0 Å². The lowest BCUT2D eigenvalue weighted by molar-refractivity contribution is -0.161. The average Bonchev–Trinajstić information content (AvgIpc) is 2.19. The van der Waals surface area contributed by atoms with Gasteiger partial charge in [0.25, 0.3) is 0 Å². The van der Waals surface area contributed by atoms with E-state index in [9.17, 15) is 0 Å². The molecule has 0 saturated carbocycles. The van der Waals surface area contributed by atoms with Crippen LogP contribution in [-0.4, -0.2) is 31.2 Å². The van der Waals surface area contributed by atoms with Crippen LogP contribution in [0.3, 0.4) is 0 Å². The van der Waals surface area contributed by atoms with Crippen molar-refractivity contribution in [2.75, 3.05) is 19.8 Å². The largest absolute Gasteiger partial charge is 0.392 e. The molecule has 0 aliphatic carbocycles. The summed E-state index contributed by atoms with van der Waals surface area (Å²) in [5.41, 5.74) is 0. The molecule has 0 amide bonds. The summed E-state index contributed by atoms with van der Waals surface area (Å²) in [5.74, 6) is 0. The molecule has 1 rings (SSSR count). The Labute approximate surface area is 79.3 Å². The predicted molar refractivity (Wildman–Crippen MR) is 50.4 cm³/mol. The van der Waals surface area contributed by atoms with E-state index in [0.29, 0.717) is 6.61 Å². The van der Waals surface area contributed by atoms with Crippen molar-refractivity contribution in [2.24, 2.45) is 0 Å². The fraction of sp³-hybridized carbons (Fsp3) is 0.800. The second-order valence-corrected chi connectivity index (χ2v) is 3.11. The monoisotopic (exact) mass is 186 g/mol. The highest BCUT2D eigenvalue weighted by atomic mass is 16.7. The smallest absolute Gasteiger partial charge is 0.157 e. The normalized spacial score (nSPS) is 23.9. The van der Waals surface area contributed by atoms with Gasteiger partial charge in [-0.3, -0.25) is 0 Å². The van der Waals surface area contributed by atoms with Crippen molar-refractivity contribution in [3.8, 4) is 0 Å². The molecule has 13 heavy (non-hydrogen) atoms. The summed E-state index contributed by atoms with van der Waals surface area (Å²) in [6.45, 7) is 1.62. The molecule has 0 bridgehead atoms. The molecule has 0 radical (unpaired) electrons. The molecule has 0 aromatic rings. The van der Waals surface area contributed by atoms with E-state index < -0.39 is 0 Å². The molecule has 1 unspecified atom stereocenters. The van der Waals surface area contributed by atoms with Crippen LogP contribution in [0.25, 0.3) is 0 Å². The van der Waals surface area contributed by atoms with E-state index in [1.807, 2.05) is 6.08 Å². The van der Waals surface area contributed by atoms with Crippen molar-refractivity contribution in [1.29, 1.82) is 0 Å². The molecule has 1 saturated heterocycles. The third-order valence-corrected chi connectivity index (χ3v) is 2.00. The molecule has 1 fully saturated rings. The van der Waals surface area contributed by atoms with Crippen LogP contribution in [0, 0.1) is 0 Å². The molecule has 1 aliphatic rings. The molecular formula is C10H18O3. The Morgan fingerprint density at radius 1 is 1.38 bits per heavy atom. The van der Waals surface area contributed by atoms with Gasteiger partial charge in [-0.15, -0.1) is 0 Å². The van der Waals surface area contributed by atoms with Gasteiger partial charge >= 0.3 is 0 Å². The Kier molecular flexibility index (Phi) is 5.81. The highest BCUT2D eigenvalue weighted by Crippen LogP contribution is 2.13. The van der Waals surface area contributed by atoms with Crippen LogP contribution >= 0.6 is 0 Å². The van der Waals surface area contributed by atoms with Gasteiger partial charge in [-0.2, -0.15) is 0 Å². The number of aliphatic hydroxyl groups excluding tert-OH is 1. The van der Waals surface area contributed by atoms with Gasteiger partial charge in [0, 0.05) is 6.61 Å². The lowest BCUT2D eigenvalue weighted by Gasteiger charge is -2.22. The highest BCUT2D eigenvalue weighted by Gasteiger charge is 2.12. The Bertz CT molecular complexity index is 139. The van der Waals surface area contributed by atoms with Crippen molar-refractivity contribution in [2.45, 2.75) is 32.0 Å². The molecule has 0 aromatic carbocycles. The first-order valence-corrected chi connectivity index (χ1v) is 4.92. The minimum Gasteiger partial charge on any atom is -0.392 e. The van der Waals surface area contributed by atoms with Crippen LogP contribution in [0.5, 0.6) is 0 Å². The summed E-state index contributed by atoms with van der Waals surface area (Å²) in [6, 6.07) is 0. The molecular weight excluding hydrogens is 168 g/mol. The number of hydrogen-bond donors (Lipinski definition) is 1. The zero-order chi connectivity index (χ0) is 9.36. The first-order valence-electron chi connectivity index (χ1n) is 4.92. The molecule has 3 nitrogen and oxygen atoms in total. The summed E-state index contributed by atoms with van der Waals surface area (Å²) >= 11 is 0. The first-order chi connectivity index (χ1) is 6.43. The topological polar surface area (TPSA) is 38.7 Å². The number of rotatable bonds is 5. The zero-order valence-corrected chi connectivity index (χ0v) is 7.95. The molecule has 1 N–H and O–H groups in total. The average molecular weight is 186 g/mol. The van der Waals surface area contributed by atoms with Crippen LogP contribution in [-0.2, 0) is 9.47 Å². The van der Waals surface area contributed by atoms with Gasteiger partial charge in [0.1, 0.15) is 0 Å². The van der Waals surface area contributed by atoms with Gasteiger partial charge in [0.2, 0.25) is 0 Å². The van der Waals surface area contributed by atoms with Crippen LogP contribution in [0.4, 0.5) is 0 Å². The highest BCUT2D eigenvalue weighted by molar-refractivity contribution is 4.80. The number of hydrogen-bond acceptors (Lipinski definition) is 3. The molecule has 1 atom stereocenters. The van der Waals surface area contributed by atoms with Crippen LogP contribution in [0.15, 0.2) is 12.2 Å². The fourth-order valence-corrected chi connectivity index (χ4v) is 1.30. The third-order valence-electron chi connectivity index (χ3n) is 2.00. The lowest BCUT2D eigenvalue weighted by atomic mass is 10.2. The Morgan fingerprint density at radius 3 is 3.00 bits per heavy atom. The van der Waals surface area contributed by atoms with Gasteiger partial charge in [0.15, 0.2) is 6.29 Å². The van der Waals surface area contributed by atoms with Gasteiger partial charge in [0.05, 0.1) is 13.2 Å². The van der Waals surface area contributed by atoms with E-state index in [1.54, 1.807) is 6.08 Å². The Hall–Kier alpha value is -0.380. The molecule has 0 spiro atoms. The second kappa shape index (κ2) is 7.06. The maximum absolute atomic E-state index is 8.46. The zero-order valence-electron chi connectivity index (χ0n) is 7.95.